The van der Waals surface area contributed by atoms with Crippen molar-refractivity contribution in [2.24, 2.45) is 23.2 Å². The maximum atomic E-state index is 2.58. The fraction of sp³-hybridized carbons (Fsp3) is 0.889. The van der Waals surface area contributed by atoms with E-state index in [4.69, 9.17) is 0 Å². The summed E-state index contributed by atoms with van der Waals surface area (Å²) in [5.74, 6) is 2.91. The van der Waals surface area contributed by atoms with Crippen LogP contribution >= 0.6 is 0 Å². The summed E-state index contributed by atoms with van der Waals surface area (Å²) in [4.78, 5) is 0. The highest BCUT2D eigenvalue weighted by Crippen LogP contribution is 2.55. The van der Waals surface area contributed by atoms with Crippen LogP contribution < -0.4 is 0 Å². The van der Waals surface area contributed by atoms with Crippen LogP contribution in [0.15, 0.2) is 12.2 Å². The van der Waals surface area contributed by atoms with E-state index >= 15 is 0 Å². The van der Waals surface area contributed by atoms with Crippen molar-refractivity contribution in [1.29, 1.82) is 0 Å². The van der Waals surface area contributed by atoms with Crippen LogP contribution in [0.2, 0.25) is 0 Å². The van der Waals surface area contributed by atoms with E-state index in [1.165, 1.54) is 57.8 Å². The van der Waals surface area contributed by atoms with Gasteiger partial charge in [-0.15, -0.1) is 0 Å². The fourth-order valence-electron chi connectivity index (χ4n) is 4.25. The van der Waals surface area contributed by atoms with Gasteiger partial charge in [0.2, 0.25) is 0 Å². The van der Waals surface area contributed by atoms with E-state index in [1.54, 1.807) is 0 Å². The first kappa shape index (κ1) is 14.2. The standard InChI is InChI=1S/C18H32/c1-4-6-7-8-9-16-12-17(13-16)18(5-2)11-10-15(3)14-18/h10-11,15-17H,4-9,12-14H2,1-3H3/t15-,16?,17?,18-/m0/s1. The van der Waals surface area contributed by atoms with Gasteiger partial charge in [-0.3, -0.25) is 0 Å². The smallest absolute Gasteiger partial charge is 0.00868 e. The third-order valence-electron chi connectivity index (χ3n) is 5.63. The molecule has 104 valence electrons. The monoisotopic (exact) mass is 248 g/mol. The molecule has 0 unspecified atom stereocenters. The van der Waals surface area contributed by atoms with Crippen LogP contribution in [0.25, 0.3) is 0 Å². The van der Waals surface area contributed by atoms with Crippen molar-refractivity contribution in [3.63, 3.8) is 0 Å². The van der Waals surface area contributed by atoms with Gasteiger partial charge in [0, 0.05) is 0 Å². The van der Waals surface area contributed by atoms with Gasteiger partial charge in [-0.05, 0) is 48.9 Å². The van der Waals surface area contributed by atoms with E-state index in [9.17, 15) is 0 Å². The number of unbranched alkanes of at least 4 members (excludes halogenated alkanes) is 3. The van der Waals surface area contributed by atoms with E-state index in [0.29, 0.717) is 5.41 Å². The van der Waals surface area contributed by atoms with Crippen LogP contribution in [-0.4, -0.2) is 0 Å². The van der Waals surface area contributed by atoms with Gasteiger partial charge in [-0.25, -0.2) is 0 Å². The van der Waals surface area contributed by atoms with Crippen LogP contribution in [-0.2, 0) is 0 Å². The number of hydrogen-bond donors (Lipinski definition) is 0. The maximum Gasteiger partial charge on any atom is -0.00868 e. The molecule has 2 aliphatic rings. The maximum absolute atomic E-state index is 2.58. The normalized spacial score (nSPS) is 38.9. The Morgan fingerprint density at radius 2 is 1.89 bits per heavy atom. The van der Waals surface area contributed by atoms with Gasteiger partial charge in [0.05, 0.1) is 0 Å². The average Bonchev–Trinajstić information content (AvgIpc) is 2.69. The van der Waals surface area contributed by atoms with Crippen molar-refractivity contribution >= 4 is 0 Å². The summed E-state index contributed by atoms with van der Waals surface area (Å²) >= 11 is 0. The summed E-state index contributed by atoms with van der Waals surface area (Å²) in [6.07, 6.45) is 18.2. The van der Waals surface area contributed by atoms with Crippen LogP contribution in [0, 0.1) is 23.2 Å². The first-order valence-electron chi connectivity index (χ1n) is 8.39. The van der Waals surface area contributed by atoms with Crippen LogP contribution in [0.4, 0.5) is 0 Å². The largest absolute Gasteiger partial charge is 0.0851 e. The zero-order valence-corrected chi connectivity index (χ0v) is 12.8. The summed E-state index contributed by atoms with van der Waals surface area (Å²) in [5.41, 5.74) is 0.597. The first-order chi connectivity index (χ1) is 8.70. The van der Waals surface area contributed by atoms with Gasteiger partial charge in [0.15, 0.2) is 0 Å². The Labute approximate surface area is 114 Å². The minimum atomic E-state index is 0.597. The highest BCUT2D eigenvalue weighted by atomic mass is 14.5. The molecule has 0 saturated heterocycles. The molecule has 0 heterocycles. The van der Waals surface area contributed by atoms with Crippen molar-refractivity contribution in [2.45, 2.75) is 78.6 Å². The molecular weight excluding hydrogens is 216 g/mol. The average molecular weight is 248 g/mol. The van der Waals surface area contributed by atoms with Crippen molar-refractivity contribution in [2.75, 3.05) is 0 Å². The molecule has 0 heteroatoms. The molecule has 0 aromatic heterocycles. The number of allylic oxidation sites excluding steroid dienone is 2. The summed E-state index contributed by atoms with van der Waals surface area (Å²) < 4.78 is 0. The predicted molar refractivity (Wildman–Crippen MR) is 80.6 cm³/mol. The molecule has 1 fully saturated rings. The molecule has 18 heavy (non-hydrogen) atoms. The molecule has 0 aliphatic heterocycles. The lowest BCUT2D eigenvalue weighted by Gasteiger charge is -2.47. The van der Waals surface area contributed by atoms with E-state index in [0.717, 1.165) is 17.8 Å². The predicted octanol–water partition coefficient (Wildman–Crippen LogP) is 5.98. The second-order valence-corrected chi connectivity index (χ2v) is 7.01. The lowest BCUT2D eigenvalue weighted by molar-refractivity contribution is 0.0557. The topological polar surface area (TPSA) is 0 Å². The second kappa shape index (κ2) is 6.26. The van der Waals surface area contributed by atoms with Gasteiger partial charge >= 0.3 is 0 Å². The Kier molecular flexibility index (Phi) is 4.92. The van der Waals surface area contributed by atoms with Crippen molar-refractivity contribution in [3.8, 4) is 0 Å². The molecule has 0 spiro atoms. The summed E-state index contributed by atoms with van der Waals surface area (Å²) in [7, 11) is 0. The van der Waals surface area contributed by atoms with E-state index in [-0.39, 0.29) is 0 Å². The first-order valence-corrected chi connectivity index (χ1v) is 8.39. The summed E-state index contributed by atoms with van der Waals surface area (Å²) in [5, 5.41) is 0. The molecule has 2 atom stereocenters. The Balaban J connectivity index is 1.70. The molecule has 0 nitrogen and oxygen atoms in total. The zero-order chi connectivity index (χ0) is 13.0. The Morgan fingerprint density at radius 1 is 1.11 bits per heavy atom. The fourth-order valence-corrected chi connectivity index (χ4v) is 4.25. The molecule has 0 bridgehead atoms. The number of rotatable bonds is 7. The molecular formula is C18H32. The quantitative estimate of drug-likeness (QED) is 0.384. The van der Waals surface area contributed by atoms with E-state index in [2.05, 4.69) is 32.9 Å². The van der Waals surface area contributed by atoms with Gasteiger partial charge in [-0.1, -0.05) is 65.0 Å². The SMILES string of the molecule is CCCCCCC1CC([C@@]2(CC)C=C[C@H](C)C2)C1. The molecule has 2 rings (SSSR count). The van der Waals surface area contributed by atoms with Crippen LogP contribution in [0.1, 0.15) is 78.6 Å². The summed E-state index contributed by atoms with van der Waals surface area (Å²) in [6.45, 7) is 7.09. The van der Waals surface area contributed by atoms with E-state index in [1.807, 2.05) is 0 Å². The minimum absolute atomic E-state index is 0.597. The molecule has 1 saturated carbocycles. The van der Waals surface area contributed by atoms with Crippen molar-refractivity contribution < 1.29 is 0 Å². The number of hydrogen-bond acceptors (Lipinski definition) is 0. The molecule has 0 aromatic rings. The van der Waals surface area contributed by atoms with Gasteiger partial charge in [0.25, 0.3) is 0 Å². The molecule has 0 N–H and O–H groups in total. The van der Waals surface area contributed by atoms with Gasteiger partial charge < -0.3 is 0 Å². The minimum Gasteiger partial charge on any atom is -0.0851 e. The Hall–Kier alpha value is -0.260. The second-order valence-electron chi connectivity index (χ2n) is 7.01. The third-order valence-corrected chi connectivity index (χ3v) is 5.63. The molecule has 0 amide bonds. The van der Waals surface area contributed by atoms with Crippen LogP contribution in [0.5, 0.6) is 0 Å². The van der Waals surface area contributed by atoms with Crippen LogP contribution in [0.3, 0.4) is 0 Å². The lowest BCUT2D eigenvalue weighted by Crippen LogP contribution is -2.37. The lowest BCUT2D eigenvalue weighted by atomic mass is 9.58. The zero-order valence-electron chi connectivity index (χ0n) is 12.8. The molecule has 2 aliphatic carbocycles. The van der Waals surface area contributed by atoms with Crippen molar-refractivity contribution in [3.05, 3.63) is 12.2 Å². The highest BCUT2D eigenvalue weighted by Gasteiger charge is 2.44. The Bertz CT molecular complexity index is 272. The van der Waals surface area contributed by atoms with Gasteiger partial charge in [-0.2, -0.15) is 0 Å². The van der Waals surface area contributed by atoms with Crippen molar-refractivity contribution in [1.82, 2.24) is 0 Å². The van der Waals surface area contributed by atoms with E-state index < -0.39 is 0 Å². The molecule has 0 aromatic carbocycles. The molecule has 0 radical (unpaired) electrons. The third kappa shape index (κ3) is 3.00. The Morgan fingerprint density at radius 3 is 2.44 bits per heavy atom. The summed E-state index contributed by atoms with van der Waals surface area (Å²) in [6, 6.07) is 0. The van der Waals surface area contributed by atoms with Gasteiger partial charge in [0.1, 0.15) is 0 Å². The highest BCUT2D eigenvalue weighted by molar-refractivity contribution is 5.13.